The van der Waals surface area contributed by atoms with Crippen molar-refractivity contribution in [3.63, 3.8) is 0 Å². The number of anilines is 1. The Kier molecular flexibility index (Phi) is 4.53. The van der Waals surface area contributed by atoms with Crippen molar-refractivity contribution < 1.29 is 14.5 Å². The number of nitrogens with one attached hydrogen (secondary N) is 1. The van der Waals surface area contributed by atoms with Crippen LogP contribution >= 0.6 is 11.3 Å². The molecular formula is C17H18N2O4S. The second-order valence-electron chi connectivity index (χ2n) is 5.86. The predicted octanol–water partition coefficient (Wildman–Crippen LogP) is 4.12. The molecule has 3 rings (SSSR count). The van der Waals surface area contributed by atoms with Crippen LogP contribution in [-0.4, -0.2) is 17.9 Å². The van der Waals surface area contributed by atoms with Crippen LogP contribution in [0.2, 0.25) is 0 Å². The quantitative estimate of drug-likeness (QED) is 0.652. The van der Waals surface area contributed by atoms with Crippen molar-refractivity contribution in [1.29, 1.82) is 0 Å². The Balaban J connectivity index is 1.93. The lowest BCUT2D eigenvalue weighted by Crippen LogP contribution is -2.37. The van der Waals surface area contributed by atoms with Crippen LogP contribution < -0.4 is 10.1 Å². The average Bonchev–Trinajstić information content (AvgIpc) is 3.26. The van der Waals surface area contributed by atoms with Crippen LogP contribution in [0.15, 0.2) is 35.7 Å². The number of hydrogen-bond acceptors (Lipinski definition) is 5. The van der Waals surface area contributed by atoms with E-state index in [9.17, 15) is 14.9 Å². The lowest BCUT2D eigenvalue weighted by molar-refractivity contribution is -0.384. The van der Waals surface area contributed by atoms with Gasteiger partial charge in [-0.15, -0.1) is 11.3 Å². The number of ether oxygens (including phenoxy) is 1. The summed E-state index contributed by atoms with van der Waals surface area (Å²) in [5.74, 6) is 0.212. The van der Waals surface area contributed by atoms with E-state index in [1.165, 1.54) is 19.2 Å². The molecule has 1 aliphatic carbocycles. The largest absolute Gasteiger partial charge is 0.496 e. The number of carbonyl (C=O) groups excluding carboxylic acids is 1. The van der Waals surface area contributed by atoms with Crippen molar-refractivity contribution in [1.82, 2.24) is 0 Å². The summed E-state index contributed by atoms with van der Waals surface area (Å²) in [7, 11) is 1.45. The molecule has 2 aromatic rings. The SMILES string of the molecule is COc1ccc(NC(=O)C2(c3cccs3)CCCC2)c([N+](=O)[O-])c1. The maximum Gasteiger partial charge on any atom is 0.296 e. The van der Waals surface area contributed by atoms with Crippen LogP contribution in [0.25, 0.3) is 0 Å². The van der Waals surface area contributed by atoms with Gasteiger partial charge >= 0.3 is 0 Å². The molecule has 0 saturated heterocycles. The minimum atomic E-state index is -0.581. The Labute approximate surface area is 143 Å². The molecule has 126 valence electrons. The number of amides is 1. The zero-order chi connectivity index (χ0) is 17.2. The first-order valence-electron chi connectivity index (χ1n) is 7.75. The molecule has 1 N–H and O–H groups in total. The van der Waals surface area contributed by atoms with Gasteiger partial charge in [-0.25, -0.2) is 0 Å². The van der Waals surface area contributed by atoms with Gasteiger partial charge in [0.25, 0.3) is 5.69 Å². The zero-order valence-corrected chi connectivity index (χ0v) is 14.1. The van der Waals surface area contributed by atoms with Crippen LogP contribution in [0.4, 0.5) is 11.4 Å². The van der Waals surface area contributed by atoms with Crippen LogP contribution in [-0.2, 0) is 10.2 Å². The fourth-order valence-corrected chi connectivity index (χ4v) is 4.24. The van der Waals surface area contributed by atoms with Crippen molar-refractivity contribution in [3.05, 3.63) is 50.7 Å². The van der Waals surface area contributed by atoms with Crippen molar-refractivity contribution in [2.75, 3.05) is 12.4 Å². The lowest BCUT2D eigenvalue weighted by Gasteiger charge is -2.26. The maximum absolute atomic E-state index is 13.0. The van der Waals surface area contributed by atoms with Gasteiger partial charge in [-0.05, 0) is 36.4 Å². The highest BCUT2D eigenvalue weighted by atomic mass is 32.1. The molecule has 0 aliphatic heterocycles. The van der Waals surface area contributed by atoms with E-state index in [0.717, 1.165) is 30.6 Å². The molecule has 0 bridgehead atoms. The fourth-order valence-electron chi connectivity index (χ4n) is 3.25. The topological polar surface area (TPSA) is 81.5 Å². The second-order valence-corrected chi connectivity index (χ2v) is 6.81. The van der Waals surface area contributed by atoms with E-state index in [0.29, 0.717) is 5.75 Å². The molecular weight excluding hydrogens is 328 g/mol. The summed E-state index contributed by atoms with van der Waals surface area (Å²) in [6.07, 6.45) is 3.50. The third-order valence-corrected chi connectivity index (χ3v) is 5.61. The number of benzene rings is 1. The number of carbonyl (C=O) groups is 1. The smallest absolute Gasteiger partial charge is 0.296 e. The van der Waals surface area contributed by atoms with Gasteiger partial charge in [0.15, 0.2) is 0 Å². The Bertz CT molecular complexity index is 752. The van der Waals surface area contributed by atoms with Crippen molar-refractivity contribution >= 4 is 28.6 Å². The number of thiophene rings is 1. The van der Waals surface area contributed by atoms with E-state index in [4.69, 9.17) is 4.74 Å². The summed E-state index contributed by atoms with van der Waals surface area (Å²) < 4.78 is 5.03. The number of nitro groups is 1. The summed E-state index contributed by atoms with van der Waals surface area (Å²) in [6, 6.07) is 8.35. The highest BCUT2D eigenvalue weighted by Crippen LogP contribution is 2.44. The van der Waals surface area contributed by atoms with Crippen LogP contribution in [0.1, 0.15) is 30.6 Å². The first-order chi connectivity index (χ1) is 11.6. The van der Waals surface area contributed by atoms with Gasteiger partial charge in [-0.3, -0.25) is 14.9 Å². The van der Waals surface area contributed by atoms with Crippen LogP contribution in [0.3, 0.4) is 0 Å². The number of methoxy groups -OCH3 is 1. The molecule has 1 aromatic heterocycles. The molecule has 1 fully saturated rings. The van der Waals surface area contributed by atoms with Crippen molar-refractivity contribution in [3.8, 4) is 5.75 Å². The second kappa shape index (κ2) is 6.60. The van der Waals surface area contributed by atoms with E-state index in [1.54, 1.807) is 17.4 Å². The molecule has 1 amide bonds. The minimum Gasteiger partial charge on any atom is -0.496 e. The fraction of sp³-hybridized carbons (Fsp3) is 0.353. The summed E-state index contributed by atoms with van der Waals surface area (Å²) >= 11 is 1.56. The molecule has 0 atom stereocenters. The van der Waals surface area contributed by atoms with Gasteiger partial charge in [0.2, 0.25) is 5.91 Å². The third-order valence-electron chi connectivity index (χ3n) is 4.53. The summed E-state index contributed by atoms with van der Waals surface area (Å²) in [6.45, 7) is 0. The molecule has 7 heteroatoms. The van der Waals surface area contributed by atoms with Gasteiger partial charge in [-0.1, -0.05) is 18.9 Å². The lowest BCUT2D eigenvalue weighted by atomic mass is 9.83. The minimum absolute atomic E-state index is 0.165. The van der Waals surface area contributed by atoms with Gasteiger partial charge in [-0.2, -0.15) is 0 Å². The number of hydrogen-bond donors (Lipinski definition) is 1. The van der Waals surface area contributed by atoms with Gasteiger partial charge < -0.3 is 10.1 Å². The Morgan fingerprint density at radius 1 is 1.33 bits per heavy atom. The first-order valence-corrected chi connectivity index (χ1v) is 8.63. The molecule has 1 aromatic carbocycles. The standard InChI is InChI=1S/C17H18N2O4S/c1-23-12-6-7-13(14(11-12)19(21)22)18-16(20)17(8-2-3-9-17)15-5-4-10-24-15/h4-7,10-11H,2-3,8-9H2,1H3,(H,18,20). The number of nitro benzene ring substituents is 1. The van der Waals surface area contributed by atoms with Crippen LogP contribution in [0.5, 0.6) is 5.75 Å². The monoisotopic (exact) mass is 346 g/mol. The van der Waals surface area contributed by atoms with E-state index >= 15 is 0 Å². The van der Waals surface area contributed by atoms with E-state index in [2.05, 4.69) is 5.32 Å². The molecule has 0 spiro atoms. The molecule has 0 radical (unpaired) electrons. The first kappa shape index (κ1) is 16.4. The normalized spacial score (nSPS) is 15.9. The van der Waals surface area contributed by atoms with Crippen molar-refractivity contribution in [2.45, 2.75) is 31.1 Å². The predicted molar refractivity (Wildman–Crippen MR) is 92.7 cm³/mol. The third kappa shape index (κ3) is 2.87. The van der Waals surface area contributed by atoms with Crippen molar-refractivity contribution in [2.24, 2.45) is 0 Å². The zero-order valence-electron chi connectivity index (χ0n) is 13.3. The Hall–Kier alpha value is -2.41. The summed E-state index contributed by atoms with van der Waals surface area (Å²) in [4.78, 5) is 24.8. The molecule has 1 heterocycles. The summed E-state index contributed by atoms with van der Waals surface area (Å²) in [5.41, 5.74) is -0.544. The summed E-state index contributed by atoms with van der Waals surface area (Å²) in [5, 5.41) is 16.0. The van der Waals surface area contributed by atoms with Crippen LogP contribution in [0, 0.1) is 10.1 Å². The molecule has 24 heavy (non-hydrogen) atoms. The van der Waals surface area contributed by atoms with Gasteiger partial charge in [0.05, 0.1) is 23.5 Å². The number of nitrogens with zero attached hydrogens (tertiary/aromatic N) is 1. The molecule has 6 nitrogen and oxygen atoms in total. The highest BCUT2D eigenvalue weighted by Gasteiger charge is 2.44. The maximum atomic E-state index is 13.0. The van der Waals surface area contributed by atoms with Gasteiger partial charge in [0, 0.05) is 4.88 Å². The Morgan fingerprint density at radius 3 is 2.67 bits per heavy atom. The average molecular weight is 346 g/mol. The molecule has 1 saturated carbocycles. The van der Waals surface area contributed by atoms with E-state index in [1.807, 2.05) is 17.5 Å². The Morgan fingerprint density at radius 2 is 2.08 bits per heavy atom. The molecule has 1 aliphatic rings. The highest BCUT2D eigenvalue weighted by molar-refractivity contribution is 7.10. The van der Waals surface area contributed by atoms with E-state index in [-0.39, 0.29) is 17.3 Å². The van der Waals surface area contributed by atoms with E-state index < -0.39 is 10.3 Å². The molecule has 0 unspecified atom stereocenters. The van der Waals surface area contributed by atoms with Gasteiger partial charge in [0.1, 0.15) is 11.4 Å². The number of rotatable bonds is 5.